The molecule has 25 heavy (non-hydrogen) atoms. The number of rotatable bonds is 6. The van der Waals surface area contributed by atoms with Gasteiger partial charge in [0.05, 0.1) is 5.54 Å². The Morgan fingerprint density at radius 3 is 2.20 bits per heavy atom. The molecule has 0 bridgehead atoms. The zero-order chi connectivity index (χ0) is 16.9. The third-order valence-electron chi connectivity index (χ3n) is 4.30. The topological polar surface area (TPSA) is 52.8 Å². The summed E-state index contributed by atoms with van der Waals surface area (Å²) in [5, 5.41) is 0. The van der Waals surface area contributed by atoms with Crippen molar-refractivity contribution in [1.82, 2.24) is 14.7 Å². The molecule has 0 spiro atoms. The highest BCUT2D eigenvalue weighted by Gasteiger charge is 2.30. The maximum absolute atomic E-state index is 12.2. The first-order valence-electron chi connectivity index (χ1n) is 8.39. The fourth-order valence-corrected chi connectivity index (χ4v) is 2.87. The van der Waals surface area contributed by atoms with Crippen LogP contribution in [0.2, 0.25) is 0 Å². The number of benzene rings is 1. The Kier molecular flexibility index (Phi) is 10.6. The predicted octanol–water partition coefficient (Wildman–Crippen LogP) is 1.84. The lowest BCUT2D eigenvalue weighted by Crippen LogP contribution is -2.57. The number of likely N-dealkylation sites (N-methyl/N-ethyl adjacent to an activating group) is 1. The minimum absolute atomic E-state index is 0. The Balaban J connectivity index is 0.00000288. The summed E-state index contributed by atoms with van der Waals surface area (Å²) in [6.45, 7) is 10.0. The molecule has 0 atom stereocenters. The average Bonchev–Trinajstić information content (AvgIpc) is 2.53. The molecule has 1 aliphatic rings. The third-order valence-corrected chi connectivity index (χ3v) is 4.30. The second kappa shape index (κ2) is 11.0. The molecule has 1 heterocycles. The van der Waals surface area contributed by atoms with E-state index in [9.17, 15) is 4.79 Å². The number of halogens is 2. The molecule has 0 aliphatic carbocycles. The number of piperazine rings is 1. The van der Waals surface area contributed by atoms with Gasteiger partial charge in [-0.05, 0) is 26.5 Å². The first kappa shape index (κ1) is 24.1. The van der Waals surface area contributed by atoms with E-state index in [2.05, 4.69) is 41.1 Å². The van der Waals surface area contributed by atoms with Crippen molar-refractivity contribution in [1.29, 1.82) is 0 Å². The van der Waals surface area contributed by atoms with Crippen molar-refractivity contribution in [3.05, 3.63) is 35.9 Å². The van der Waals surface area contributed by atoms with E-state index in [0.29, 0.717) is 0 Å². The second-order valence-corrected chi connectivity index (χ2v) is 7.08. The van der Waals surface area contributed by atoms with Crippen LogP contribution in [0.15, 0.2) is 30.3 Å². The number of amides is 1. The summed E-state index contributed by atoms with van der Waals surface area (Å²) in [6.07, 6.45) is 0. The highest BCUT2D eigenvalue weighted by Crippen LogP contribution is 2.09. The molecule has 1 fully saturated rings. The minimum Gasteiger partial charge on any atom is -0.339 e. The smallest absolute Gasteiger partial charge is 0.242 e. The van der Waals surface area contributed by atoms with Gasteiger partial charge in [0.2, 0.25) is 5.91 Å². The highest BCUT2D eigenvalue weighted by molar-refractivity contribution is 5.86. The molecule has 0 saturated carbocycles. The zero-order valence-corrected chi connectivity index (χ0v) is 17.1. The Morgan fingerprint density at radius 1 is 1.12 bits per heavy atom. The molecule has 144 valence electrons. The number of hydrogen-bond donors (Lipinski definition) is 1. The molecule has 1 aromatic carbocycles. The summed E-state index contributed by atoms with van der Waals surface area (Å²) >= 11 is 0. The van der Waals surface area contributed by atoms with Gasteiger partial charge in [0.1, 0.15) is 0 Å². The summed E-state index contributed by atoms with van der Waals surface area (Å²) in [7, 11) is 2.16. The fourth-order valence-electron chi connectivity index (χ4n) is 2.87. The zero-order valence-electron chi connectivity index (χ0n) is 15.5. The average molecular weight is 391 g/mol. The molecule has 1 amide bonds. The van der Waals surface area contributed by atoms with Crippen molar-refractivity contribution in [3.8, 4) is 0 Å². The number of hydrogen-bond acceptors (Lipinski definition) is 4. The lowest BCUT2D eigenvalue weighted by atomic mass is 10.0. The van der Waals surface area contributed by atoms with Crippen LogP contribution < -0.4 is 5.73 Å². The van der Waals surface area contributed by atoms with Gasteiger partial charge in [0.15, 0.2) is 0 Å². The molecule has 5 nitrogen and oxygen atoms in total. The first-order valence-corrected chi connectivity index (χ1v) is 8.39. The van der Waals surface area contributed by atoms with Gasteiger partial charge in [-0.25, -0.2) is 0 Å². The van der Waals surface area contributed by atoms with Crippen LogP contribution in [0, 0.1) is 0 Å². The van der Waals surface area contributed by atoms with Crippen molar-refractivity contribution in [3.63, 3.8) is 0 Å². The largest absolute Gasteiger partial charge is 0.339 e. The van der Waals surface area contributed by atoms with Gasteiger partial charge in [-0.2, -0.15) is 0 Å². The van der Waals surface area contributed by atoms with Crippen molar-refractivity contribution in [2.75, 3.05) is 46.3 Å². The van der Waals surface area contributed by atoms with Crippen LogP contribution in [0.4, 0.5) is 0 Å². The van der Waals surface area contributed by atoms with Crippen molar-refractivity contribution < 1.29 is 4.79 Å². The summed E-state index contributed by atoms with van der Waals surface area (Å²) in [6, 6.07) is 10.5. The Labute approximate surface area is 164 Å². The lowest BCUT2D eigenvalue weighted by Gasteiger charge is -2.38. The predicted molar refractivity (Wildman–Crippen MR) is 109 cm³/mol. The van der Waals surface area contributed by atoms with Crippen LogP contribution >= 0.6 is 24.8 Å². The standard InChI is InChI=1S/C18H30N4O.2ClH/c1-18(2,19)17(23)22-13-11-21(12-14-22)10-9-20(3)15-16-7-5-4-6-8-16;;/h4-8H,9-15,19H2,1-3H3;2*1H. The van der Waals surface area contributed by atoms with E-state index in [1.807, 2.05) is 11.0 Å². The number of carbonyl (C=O) groups excluding carboxylic acids is 1. The van der Waals surface area contributed by atoms with E-state index < -0.39 is 5.54 Å². The van der Waals surface area contributed by atoms with Crippen LogP contribution in [-0.2, 0) is 11.3 Å². The van der Waals surface area contributed by atoms with Crippen LogP contribution in [0.5, 0.6) is 0 Å². The van der Waals surface area contributed by atoms with E-state index in [1.165, 1.54) is 5.56 Å². The molecule has 2 N–H and O–H groups in total. The van der Waals surface area contributed by atoms with Crippen LogP contribution in [0.25, 0.3) is 0 Å². The molecule has 1 saturated heterocycles. The first-order chi connectivity index (χ1) is 10.9. The van der Waals surface area contributed by atoms with Gasteiger partial charge in [-0.1, -0.05) is 30.3 Å². The third kappa shape index (κ3) is 7.92. The minimum atomic E-state index is -0.766. The van der Waals surface area contributed by atoms with E-state index in [-0.39, 0.29) is 30.7 Å². The van der Waals surface area contributed by atoms with Gasteiger partial charge < -0.3 is 15.5 Å². The van der Waals surface area contributed by atoms with E-state index >= 15 is 0 Å². The van der Waals surface area contributed by atoms with Crippen LogP contribution in [0.3, 0.4) is 0 Å². The summed E-state index contributed by atoms with van der Waals surface area (Å²) < 4.78 is 0. The maximum atomic E-state index is 12.2. The molecule has 0 aromatic heterocycles. The second-order valence-electron chi connectivity index (χ2n) is 7.08. The molecule has 7 heteroatoms. The van der Waals surface area contributed by atoms with E-state index in [0.717, 1.165) is 45.8 Å². The Bertz CT molecular complexity index is 500. The fraction of sp³-hybridized carbons (Fsp3) is 0.611. The Morgan fingerprint density at radius 2 is 1.68 bits per heavy atom. The van der Waals surface area contributed by atoms with Gasteiger partial charge >= 0.3 is 0 Å². The van der Waals surface area contributed by atoms with Crippen molar-refractivity contribution in [2.24, 2.45) is 5.73 Å². The molecule has 0 unspecified atom stereocenters. The summed E-state index contributed by atoms with van der Waals surface area (Å²) in [5.74, 6) is 0.0540. The molecule has 2 rings (SSSR count). The van der Waals surface area contributed by atoms with Crippen molar-refractivity contribution in [2.45, 2.75) is 25.9 Å². The van der Waals surface area contributed by atoms with E-state index in [4.69, 9.17) is 5.73 Å². The SMILES string of the molecule is CN(CCN1CCN(C(=O)C(C)(C)N)CC1)Cc1ccccc1.Cl.Cl. The quantitative estimate of drug-likeness (QED) is 0.804. The molecular weight excluding hydrogens is 359 g/mol. The molecule has 0 radical (unpaired) electrons. The molecule has 1 aromatic rings. The summed E-state index contributed by atoms with van der Waals surface area (Å²) in [5.41, 5.74) is 6.48. The van der Waals surface area contributed by atoms with Crippen molar-refractivity contribution >= 4 is 30.7 Å². The maximum Gasteiger partial charge on any atom is 0.242 e. The van der Waals surface area contributed by atoms with Crippen LogP contribution in [0.1, 0.15) is 19.4 Å². The normalized spacial score (nSPS) is 15.5. The van der Waals surface area contributed by atoms with E-state index in [1.54, 1.807) is 13.8 Å². The van der Waals surface area contributed by atoms with Gasteiger partial charge in [-0.3, -0.25) is 9.69 Å². The number of carbonyl (C=O) groups is 1. The number of nitrogens with two attached hydrogens (primary N) is 1. The lowest BCUT2D eigenvalue weighted by molar-refractivity contribution is -0.137. The van der Waals surface area contributed by atoms with Gasteiger partial charge in [-0.15, -0.1) is 24.8 Å². The molecule has 1 aliphatic heterocycles. The molecular formula is C18H32Cl2N4O. The van der Waals surface area contributed by atoms with Crippen LogP contribution in [-0.4, -0.2) is 72.5 Å². The van der Waals surface area contributed by atoms with Gasteiger partial charge in [0, 0.05) is 45.8 Å². The van der Waals surface area contributed by atoms with Gasteiger partial charge in [0.25, 0.3) is 0 Å². The number of nitrogens with zero attached hydrogens (tertiary/aromatic N) is 3. The summed E-state index contributed by atoms with van der Waals surface area (Å²) in [4.78, 5) is 18.8. The highest BCUT2D eigenvalue weighted by atomic mass is 35.5. The Hall–Kier alpha value is -0.850. The monoisotopic (exact) mass is 390 g/mol.